The van der Waals surface area contributed by atoms with Crippen LogP contribution in [0.5, 0.6) is 0 Å². The van der Waals surface area contributed by atoms with Crippen molar-refractivity contribution in [1.29, 1.82) is 0 Å². The Balaban J connectivity index is 2.01. The Morgan fingerprint density at radius 3 is 2.38 bits per heavy atom. The Hall–Kier alpha value is -2.95. The van der Waals surface area contributed by atoms with Gasteiger partial charge in [-0.2, -0.15) is 5.10 Å². The number of benzene rings is 2. The van der Waals surface area contributed by atoms with Gasteiger partial charge in [0, 0.05) is 11.9 Å². The Labute approximate surface area is 139 Å². The van der Waals surface area contributed by atoms with Gasteiger partial charge in [-0.3, -0.25) is 9.59 Å². The summed E-state index contributed by atoms with van der Waals surface area (Å²) in [6, 6.07) is 16.6. The molecule has 0 saturated carbocycles. The summed E-state index contributed by atoms with van der Waals surface area (Å²) in [6.07, 6.45) is 0. The van der Waals surface area contributed by atoms with Crippen LogP contribution in [-0.2, 0) is 6.54 Å². The van der Waals surface area contributed by atoms with Crippen LogP contribution in [0.15, 0.2) is 59.4 Å². The molecule has 0 aliphatic carbocycles. The zero-order chi connectivity index (χ0) is 17.1. The molecule has 1 N–H and O–H groups in total. The molecule has 3 aromatic rings. The van der Waals surface area contributed by atoms with Crippen LogP contribution in [0.1, 0.15) is 35.9 Å². The number of hydrogen-bond donors (Lipinski definition) is 1. The SMILES string of the molecule is CCn1nc(C(=O)N[C@H](C)c2ccccc2)c2ccccc2c1=O. The van der Waals surface area contributed by atoms with Crippen LogP contribution in [0.25, 0.3) is 10.8 Å². The van der Waals surface area contributed by atoms with Gasteiger partial charge in [-0.15, -0.1) is 0 Å². The first-order valence-corrected chi connectivity index (χ1v) is 7.97. The highest BCUT2D eigenvalue weighted by atomic mass is 16.2. The van der Waals surface area contributed by atoms with Crippen molar-refractivity contribution in [1.82, 2.24) is 15.1 Å². The van der Waals surface area contributed by atoms with Gasteiger partial charge < -0.3 is 5.32 Å². The van der Waals surface area contributed by atoms with E-state index in [1.54, 1.807) is 24.3 Å². The first-order valence-electron chi connectivity index (χ1n) is 7.97. The molecule has 1 amide bonds. The van der Waals surface area contributed by atoms with Gasteiger partial charge >= 0.3 is 0 Å². The van der Waals surface area contributed by atoms with Crippen molar-refractivity contribution < 1.29 is 4.79 Å². The van der Waals surface area contributed by atoms with Crippen molar-refractivity contribution in [2.24, 2.45) is 0 Å². The summed E-state index contributed by atoms with van der Waals surface area (Å²) in [7, 11) is 0. The van der Waals surface area contributed by atoms with Gasteiger partial charge in [0.1, 0.15) is 0 Å². The summed E-state index contributed by atoms with van der Waals surface area (Å²) >= 11 is 0. The van der Waals surface area contributed by atoms with E-state index in [9.17, 15) is 9.59 Å². The summed E-state index contributed by atoms with van der Waals surface area (Å²) < 4.78 is 1.32. The van der Waals surface area contributed by atoms with Crippen LogP contribution >= 0.6 is 0 Å². The molecule has 24 heavy (non-hydrogen) atoms. The topological polar surface area (TPSA) is 64.0 Å². The Morgan fingerprint density at radius 1 is 1.08 bits per heavy atom. The molecule has 0 bridgehead atoms. The predicted molar refractivity (Wildman–Crippen MR) is 94.0 cm³/mol. The Kier molecular flexibility index (Phi) is 4.42. The van der Waals surface area contributed by atoms with Crippen molar-refractivity contribution in [3.63, 3.8) is 0 Å². The third kappa shape index (κ3) is 2.93. The summed E-state index contributed by atoms with van der Waals surface area (Å²) in [5.74, 6) is -0.287. The van der Waals surface area contributed by atoms with Crippen molar-refractivity contribution in [2.45, 2.75) is 26.4 Å². The Morgan fingerprint density at radius 2 is 1.71 bits per heavy atom. The van der Waals surface area contributed by atoms with E-state index >= 15 is 0 Å². The molecule has 1 atom stereocenters. The number of hydrogen-bond acceptors (Lipinski definition) is 3. The molecule has 1 heterocycles. The first kappa shape index (κ1) is 15.9. The van der Waals surface area contributed by atoms with E-state index in [1.165, 1.54) is 4.68 Å². The van der Waals surface area contributed by atoms with Gasteiger partial charge in [0.2, 0.25) is 0 Å². The molecular weight excluding hydrogens is 302 g/mol. The monoisotopic (exact) mass is 321 g/mol. The van der Waals surface area contributed by atoms with Gasteiger partial charge in [-0.1, -0.05) is 48.5 Å². The Bertz CT molecular complexity index is 932. The molecule has 0 aliphatic rings. The molecule has 2 aromatic carbocycles. The highest BCUT2D eigenvalue weighted by molar-refractivity contribution is 6.04. The second kappa shape index (κ2) is 6.66. The molecule has 122 valence electrons. The van der Waals surface area contributed by atoms with E-state index < -0.39 is 0 Å². The zero-order valence-corrected chi connectivity index (χ0v) is 13.7. The highest BCUT2D eigenvalue weighted by Gasteiger charge is 2.18. The van der Waals surface area contributed by atoms with E-state index in [4.69, 9.17) is 0 Å². The standard InChI is InChI=1S/C19H19N3O2/c1-3-22-19(24)16-12-8-7-11-15(16)17(21-22)18(23)20-13(2)14-9-5-4-6-10-14/h4-13H,3H2,1-2H3,(H,20,23)/t13-/m1/s1. The first-order chi connectivity index (χ1) is 11.6. The minimum atomic E-state index is -0.287. The molecule has 0 radical (unpaired) electrons. The average molecular weight is 321 g/mol. The number of rotatable bonds is 4. The number of nitrogens with zero attached hydrogens (tertiary/aromatic N) is 2. The maximum Gasteiger partial charge on any atom is 0.274 e. The number of carbonyl (C=O) groups excluding carboxylic acids is 1. The number of amides is 1. The van der Waals surface area contributed by atoms with Crippen LogP contribution in [0.3, 0.4) is 0 Å². The molecule has 5 heteroatoms. The minimum absolute atomic E-state index is 0.152. The van der Waals surface area contributed by atoms with Crippen molar-refractivity contribution in [3.05, 3.63) is 76.2 Å². The lowest BCUT2D eigenvalue weighted by molar-refractivity contribution is 0.0934. The van der Waals surface area contributed by atoms with E-state index in [2.05, 4.69) is 10.4 Å². The third-order valence-electron chi connectivity index (χ3n) is 4.03. The van der Waals surface area contributed by atoms with E-state index in [0.29, 0.717) is 17.3 Å². The summed E-state index contributed by atoms with van der Waals surface area (Å²) in [6.45, 7) is 4.17. The minimum Gasteiger partial charge on any atom is -0.344 e. The normalized spacial score (nSPS) is 12.1. The molecule has 3 rings (SSSR count). The number of carbonyl (C=O) groups is 1. The average Bonchev–Trinajstić information content (AvgIpc) is 2.63. The number of nitrogens with one attached hydrogen (secondary N) is 1. The second-order valence-corrected chi connectivity index (χ2v) is 5.62. The fourth-order valence-electron chi connectivity index (χ4n) is 2.71. The lowest BCUT2D eigenvalue weighted by Crippen LogP contribution is -2.31. The van der Waals surface area contributed by atoms with E-state index in [0.717, 1.165) is 5.56 Å². The van der Waals surface area contributed by atoms with Crippen molar-refractivity contribution in [3.8, 4) is 0 Å². The fraction of sp³-hybridized carbons (Fsp3) is 0.211. The van der Waals surface area contributed by atoms with Crippen LogP contribution in [-0.4, -0.2) is 15.7 Å². The molecule has 1 aromatic heterocycles. The molecule has 5 nitrogen and oxygen atoms in total. The number of aryl methyl sites for hydroxylation is 1. The summed E-state index contributed by atoms with van der Waals surface area (Å²) in [4.78, 5) is 25.1. The van der Waals surface area contributed by atoms with Crippen molar-refractivity contribution in [2.75, 3.05) is 0 Å². The lowest BCUT2D eigenvalue weighted by Gasteiger charge is -2.15. The fourth-order valence-corrected chi connectivity index (χ4v) is 2.71. The maximum absolute atomic E-state index is 12.7. The van der Waals surface area contributed by atoms with Crippen LogP contribution in [0.4, 0.5) is 0 Å². The largest absolute Gasteiger partial charge is 0.344 e. The molecule has 0 unspecified atom stereocenters. The summed E-state index contributed by atoms with van der Waals surface area (Å²) in [5, 5.41) is 8.30. The zero-order valence-electron chi connectivity index (χ0n) is 13.7. The molecule has 0 spiro atoms. The molecular formula is C19H19N3O2. The van der Waals surface area contributed by atoms with Crippen LogP contribution in [0, 0.1) is 0 Å². The summed E-state index contributed by atoms with van der Waals surface area (Å²) in [5.41, 5.74) is 1.11. The quantitative estimate of drug-likeness (QED) is 0.803. The molecule has 0 aliphatic heterocycles. The second-order valence-electron chi connectivity index (χ2n) is 5.62. The van der Waals surface area contributed by atoms with E-state index in [1.807, 2.05) is 44.2 Å². The van der Waals surface area contributed by atoms with E-state index in [-0.39, 0.29) is 23.2 Å². The van der Waals surface area contributed by atoms with Gasteiger partial charge in [0.25, 0.3) is 11.5 Å². The highest BCUT2D eigenvalue weighted by Crippen LogP contribution is 2.16. The van der Waals surface area contributed by atoms with Crippen LogP contribution in [0.2, 0.25) is 0 Å². The van der Waals surface area contributed by atoms with Gasteiger partial charge in [0.05, 0.1) is 11.4 Å². The maximum atomic E-state index is 12.7. The number of aromatic nitrogens is 2. The predicted octanol–water partition coefficient (Wildman–Crippen LogP) is 2.91. The van der Waals surface area contributed by atoms with Crippen molar-refractivity contribution >= 4 is 16.7 Å². The van der Waals surface area contributed by atoms with Crippen LogP contribution < -0.4 is 10.9 Å². The van der Waals surface area contributed by atoms with Gasteiger partial charge in [0.15, 0.2) is 5.69 Å². The number of fused-ring (bicyclic) bond motifs is 1. The third-order valence-corrected chi connectivity index (χ3v) is 4.03. The smallest absolute Gasteiger partial charge is 0.274 e. The van der Waals surface area contributed by atoms with Gasteiger partial charge in [-0.05, 0) is 25.5 Å². The molecule has 0 fully saturated rings. The molecule has 0 saturated heterocycles. The van der Waals surface area contributed by atoms with Gasteiger partial charge in [-0.25, -0.2) is 4.68 Å². The lowest BCUT2D eigenvalue weighted by atomic mass is 10.1.